The molecule has 0 atom stereocenters. The lowest BCUT2D eigenvalue weighted by Gasteiger charge is -2.41. The molecular weight excluding hydrogens is 248 g/mol. The van der Waals surface area contributed by atoms with E-state index in [0.29, 0.717) is 6.54 Å². The van der Waals surface area contributed by atoms with Crippen LogP contribution in [0.15, 0.2) is 24.3 Å². The lowest BCUT2D eigenvalue weighted by molar-refractivity contribution is 0.0964. The van der Waals surface area contributed by atoms with Crippen LogP contribution in [0.3, 0.4) is 0 Å². The Morgan fingerprint density at radius 3 is 2.35 bits per heavy atom. The van der Waals surface area contributed by atoms with Gasteiger partial charge in [-0.2, -0.15) is 0 Å². The Bertz CT molecular complexity index is 517. The molecule has 0 fully saturated rings. The van der Waals surface area contributed by atoms with Crippen LogP contribution in [0.5, 0.6) is 0 Å². The van der Waals surface area contributed by atoms with Crippen LogP contribution in [0.1, 0.15) is 45.2 Å². The first-order valence-corrected chi connectivity index (χ1v) is 7.22. The van der Waals surface area contributed by atoms with E-state index >= 15 is 0 Å². The van der Waals surface area contributed by atoms with E-state index in [0.717, 1.165) is 6.42 Å². The summed E-state index contributed by atoms with van der Waals surface area (Å²) in [5.41, 5.74) is 2.53. The standard InChI is InChI=1S/C17H26N2O/c1-16(2)12-17(3,4)19(15(20)18(5)6)11-13-9-7-8-10-14(13)16/h7-10H,11-12H2,1-6H3. The zero-order valence-corrected chi connectivity index (χ0v) is 13.5. The number of amides is 2. The number of carbonyl (C=O) groups is 1. The molecule has 1 aliphatic rings. The van der Waals surface area contributed by atoms with Gasteiger partial charge in [-0.05, 0) is 36.8 Å². The second-order valence-corrected chi connectivity index (χ2v) is 7.29. The maximum atomic E-state index is 12.5. The van der Waals surface area contributed by atoms with Crippen LogP contribution >= 0.6 is 0 Å². The average Bonchev–Trinajstić information content (AvgIpc) is 2.41. The van der Waals surface area contributed by atoms with Crippen molar-refractivity contribution in [3.8, 4) is 0 Å². The molecule has 3 nitrogen and oxygen atoms in total. The fraction of sp³-hybridized carbons (Fsp3) is 0.588. The first-order chi connectivity index (χ1) is 9.15. The third-order valence-corrected chi connectivity index (χ3v) is 4.29. The van der Waals surface area contributed by atoms with Crippen molar-refractivity contribution in [1.29, 1.82) is 0 Å². The molecule has 0 saturated heterocycles. The van der Waals surface area contributed by atoms with Crippen molar-refractivity contribution in [2.75, 3.05) is 14.1 Å². The highest BCUT2D eigenvalue weighted by molar-refractivity contribution is 5.75. The van der Waals surface area contributed by atoms with Gasteiger partial charge in [0.2, 0.25) is 0 Å². The third kappa shape index (κ3) is 2.54. The van der Waals surface area contributed by atoms with E-state index < -0.39 is 0 Å². The Morgan fingerprint density at radius 2 is 1.75 bits per heavy atom. The van der Waals surface area contributed by atoms with Crippen LogP contribution in [-0.2, 0) is 12.0 Å². The van der Waals surface area contributed by atoms with Crippen LogP contribution in [0.4, 0.5) is 4.79 Å². The van der Waals surface area contributed by atoms with Crippen molar-refractivity contribution in [3.63, 3.8) is 0 Å². The summed E-state index contributed by atoms with van der Waals surface area (Å²) in [6.45, 7) is 9.57. The molecule has 0 N–H and O–H groups in total. The van der Waals surface area contributed by atoms with Crippen LogP contribution in [0, 0.1) is 0 Å². The normalized spacial score (nSPS) is 20.0. The predicted molar refractivity (Wildman–Crippen MR) is 82.8 cm³/mol. The highest BCUT2D eigenvalue weighted by Crippen LogP contribution is 2.41. The quantitative estimate of drug-likeness (QED) is 0.708. The van der Waals surface area contributed by atoms with Gasteiger partial charge < -0.3 is 9.80 Å². The maximum absolute atomic E-state index is 12.5. The van der Waals surface area contributed by atoms with Gasteiger partial charge in [-0.1, -0.05) is 38.1 Å². The summed E-state index contributed by atoms with van der Waals surface area (Å²) in [5.74, 6) is 0. The molecule has 1 heterocycles. The van der Waals surface area contributed by atoms with Crippen molar-refractivity contribution in [3.05, 3.63) is 35.4 Å². The summed E-state index contributed by atoms with van der Waals surface area (Å²) in [5, 5.41) is 0. The molecule has 0 aliphatic carbocycles. The van der Waals surface area contributed by atoms with E-state index in [-0.39, 0.29) is 17.0 Å². The molecule has 20 heavy (non-hydrogen) atoms. The van der Waals surface area contributed by atoms with Gasteiger partial charge in [0.15, 0.2) is 0 Å². The van der Waals surface area contributed by atoms with Gasteiger partial charge >= 0.3 is 6.03 Å². The van der Waals surface area contributed by atoms with Crippen molar-refractivity contribution in [2.24, 2.45) is 0 Å². The summed E-state index contributed by atoms with van der Waals surface area (Å²) in [7, 11) is 3.64. The maximum Gasteiger partial charge on any atom is 0.320 e. The van der Waals surface area contributed by atoms with Gasteiger partial charge in [-0.3, -0.25) is 0 Å². The molecule has 2 amide bonds. The Labute approximate surface area is 122 Å². The van der Waals surface area contributed by atoms with E-state index in [1.807, 2.05) is 19.0 Å². The first-order valence-electron chi connectivity index (χ1n) is 7.22. The summed E-state index contributed by atoms with van der Waals surface area (Å²) in [6, 6.07) is 8.59. The number of fused-ring (bicyclic) bond motifs is 1. The van der Waals surface area contributed by atoms with Gasteiger partial charge in [0, 0.05) is 26.2 Å². The Balaban J connectivity index is 2.51. The monoisotopic (exact) mass is 274 g/mol. The summed E-state index contributed by atoms with van der Waals surface area (Å²) >= 11 is 0. The van der Waals surface area contributed by atoms with E-state index in [4.69, 9.17) is 0 Å². The van der Waals surface area contributed by atoms with Gasteiger partial charge in [0.05, 0.1) is 0 Å². The Kier molecular flexibility index (Phi) is 3.57. The molecule has 2 rings (SSSR count). The molecule has 1 aromatic rings. The number of hydrogen-bond acceptors (Lipinski definition) is 1. The molecular formula is C17H26N2O. The van der Waals surface area contributed by atoms with E-state index in [1.54, 1.807) is 4.90 Å². The number of benzene rings is 1. The minimum Gasteiger partial charge on any atom is -0.331 e. The number of nitrogens with zero attached hydrogens (tertiary/aromatic N) is 2. The molecule has 0 spiro atoms. The average molecular weight is 274 g/mol. The van der Waals surface area contributed by atoms with Crippen LogP contribution in [-0.4, -0.2) is 35.5 Å². The number of rotatable bonds is 0. The third-order valence-electron chi connectivity index (χ3n) is 4.29. The van der Waals surface area contributed by atoms with E-state index in [2.05, 4.69) is 52.0 Å². The van der Waals surface area contributed by atoms with Gasteiger partial charge in [0.1, 0.15) is 0 Å². The van der Waals surface area contributed by atoms with Crippen LogP contribution in [0.25, 0.3) is 0 Å². The predicted octanol–water partition coefficient (Wildman–Crippen LogP) is 3.63. The molecule has 0 bridgehead atoms. The smallest absolute Gasteiger partial charge is 0.320 e. The minimum absolute atomic E-state index is 0.0709. The van der Waals surface area contributed by atoms with Crippen molar-refractivity contribution < 1.29 is 4.79 Å². The van der Waals surface area contributed by atoms with Gasteiger partial charge in [-0.15, -0.1) is 0 Å². The zero-order valence-electron chi connectivity index (χ0n) is 13.5. The van der Waals surface area contributed by atoms with Crippen molar-refractivity contribution >= 4 is 6.03 Å². The number of hydrogen-bond donors (Lipinski definition) is 0. The summed E-state index contributed by atoms with van der Waals surface area (Å²) in [4.78, 5) is 16.2. The van der Waals surface area contributed by atoms with E-state index in [9.17, 15) is 4.79 Å². The highest BCUT2D eigenvalue weighted by Gasteiger charge is 2.41. The lowest BCUT2D eigenvalue weighted by atomic mass is 9.75. The molecule has 1 aliphatic heterocycles. The zero-order chi connectivity index (χ0) is 15.1. The molecule has 110 valence electrons. The molecule has 3 heteroatoms. The topological polar surface area (TPSA) is 23.6 Å². The van der Waals surface area contributed by atoms with Crippen molar-refractivity contribution in [2.45, 2.75) is 51.6 Å². The molecule has 0 saturated carbocycles. The largest absolute Gasteiger partial charge is 0.331 e. The lowest BCUT2D eigenvalue weighted by Crippen LogP contribution is -2.51. The fourth-order valence-corrected chi connectivity index (χ4v) is 3.54. The van der Waals surface area contributed by atoms with Crippen LogP contribution in [0.2, 0.25) is 0 Å². The first kappa shape index (κ1) is 14.9. The van der Waals surface area contributed by atoms with Crippen LogP contribution < -0.4 is 0 Å². The number of carbonyl (C=O) groups excluding carboxylic acids is 1. The second-order valence-electron chi connectivity index (χ2n) is 7.29. The summed E-state index contributed by atoms with van der Waals surface area (Å²) < 4.78 is 0. The second kappa shape index (κ2) is 4.80. The molecule has 1 aromatic carbocycles. The van der Waals surface area contributed by atoms with Gasteiger partial charge in [-0.25, -0.2) is 4.79 Å². The van der Waals surface area contributed by atoms with Crippen molar-refractivity contribution in [1.82, 2.24) is 9.80 Å². The summed E-state index contributed by atoms with van der Waals surface area (Å²) in [6.07, 6.45) is 0.955. The van der Waals surface area contributed by atoms with Gasteiger partial charge in [0.25, 0.3) is 0 Å². The molecule has 0 unspecified atom stereocenters. The fourth-order valence-electron chi connectivity index (χ4n) is 3.54. The SMILES string of the molecule is CN(C)C(=O)N1Cc2ccccc2C(C)(C)CC1(C)C. The van der Waals surface area contributed by atoms with E-state index in [1.165, 1.54) is 11.1 Å². The minimum atomic E-state index is -0.163. The molecule has 0 aromatic heterocycles. The Morgan fingerprint density at radius 1 is 1.15 bits per heavy atom. The molecule has 0 radical (unpaired) electrons. The highest BCUT2D eigenvalue weighted by atomic mass is 16.2. The Hall–Kier alpha value is -1.51. The number of urea groups is 1.